The van der Waals surface area contributed by atoms with Crippen LogP contribution in [-0.2, 0) is 36.8 Å². The van der Waals surface area contributed by atoms with Gasteiger partial charge in [0.25, 0.3) is 0 Å². The van der Waals surface area contributed by atoms with Gasteiger partial charge in [-0.3, -0.25) is 19.3 Å². The second-order valence-corrected chi connectivity index (χ2v) is 12.4. The van der Waals surface area contributed by atoms with E-state index in [4.69, 9.17) is 9.47 Å². The van der Waals surface area contributed by atoms with Crippen LogP contribution in [-0.4, -0.2) is 90.5 Å². The third-order valence-electron chi connectivity index (χ3n) is 8.86. The number of amides is 3. The van der Waals surface area contributed by atoms with Crippen molar-refractivity contribution in [2.75, 3.05) is 32.8 Å². The van der Waals surface area contributed by atoms with Gasteiger partial charge in [-0.05, 0) is 37.3 Å². The number of nitrogens with zero attached hydrogens (tertiary/aromatic N) is 2. The Morgan fingerprint density at radius 1 is 0.863 bits per heavy atom. The first kappa shape index (κ1) is 37.4. The van der Waals surface area contributed by atoms with Crippen molar-refractivity contribution in [2.45, 2.75) is 56.8 Å². The summed E-state index contributed by atoms with van der Waals surface area (Å²) in [4.78, 5) is 57.1. The zero-order valence-electron chi connectivity index (χ0n) is 27.7. The molecule has 0 spiro atoms. The summed E-state index contributed by atoms with van der Waals surface area (Å²) in [5.74, 6) is -16.7. The molecule has 2 saturated heterocycles. The molecule has 2 aliphatic rings. The summed E-state index contributed by atoms with van der Waals surface area (Å²) >= 11 is 0. The highest BCUT2D eigenvalue weighted by molar-refractivity contribution is 5.95. The minimum Gasteiger partial charge on any atom is -0.418 e. The first-order valence-electron chi connectivity index (χ1n) is 16.5. The molecule has 5 rings (SSSR count). The zero-order chi connectivity index (χ0) is 36.7. The molecule has 4 atom stereocenters. The number of hydrogen-bond donors (Lipinski definition) is 2. The van der Waals surface area contributed by atoms with E-state index in [1.807, 2.05) is 35.2 Å². The van der Waals surface area contributed by atoms with Crippen LogP contribution in [0.2, 0.25) is 0 Å². The van der Waals surface area contributed by atoms with Crippen molar-refractivity contribution >= 4 is 23.7 Å². The lowest BCUT2D eigenvalue weighted by atomic mass is 10.0. The summed E-state index contributed by atoms with van der Waals surface area (Å²) in [6, 6.07) is 12.9. The Labute approximate surface area is 290 Å². The fourth-order valence-corrected chi connectivity index (χ4v) is 6.21. The fourth-order valence-electron chi connectivity index (χ4n) is 6.21. The third-order valence-corrected chi connectivity index (χ3v) is 8.86. The average Bonchev–Trinajstić information content (AvgIpc) is 3.41. The molecule has 15 heteroatoms. The van der Waals surface area contributed by atoms with Crippen molar-refractivity contribution in [1.29, 1.82) is 0 Å². The van der Waals surface area contributed by atoms with Gasteiger partial charge in [-0.25, -0.2) is 18.0 Å². The number of likely N-dealkylation sites (tertiary alicyclic amines) is 1. The van der Waals surface area contributed by atoms with Crippen LogP contribution in [0.25, 0.3) is 0 Å². The first-order valence-corrected chi connectivity index (χ1v) is 16.5. The van der Waals surface area contributed by atoms with Crippen LogP contribution in [0.1, 0.15) is 30.9 Å². The lowest BCUT2D eigenvalue weighted by Crippen LogP contribution is -2.55. The van der Waals surface area contributed by atoms with Crippen LogP contribution < -0.4 is 15.4 Å². The summed E-state index contributed by atoms with van der Waals surface area (Å²) in [6.07, 6.45) is 0.387. The number of carbonyl (C=O) groups is 4. The van der Waals surface area contributed by atoms with Crippen molar-refractivity contribution in [3.8, 4) is 5.75 Å². The molecule has 1 unspecified atom stereocenters. The lowest BCUT2D eigenvalue weighted by molar-refractivity contribution is -0.148. The minimum absolute atomic E-state index is 0.00119. The number of benzene rings is 3. The van der Waals surface area contributed by atoms with Crippen molar-refractivity contribution in [2.24, 2.45) is 0 Å². The molecule has 0 aromatic heterocycles. The normalized spacial score (nSPS) is 19.0. The highest BCUT2D eigenvalue weighted by atomic mass is 19.2. The summed E-state index contributed by atoms with van der Waals surface area (Å²) in [7, 11) is 0. The van der Waals surface area contributed by atoms with Crippen molar-refractivity contribution in [3.63, 3.8) is 0 Å². The Balaban J connectivity index is 1.35. The monoisotopic (exact) mass is 716 g/mol. The van der Waals surface area contributed by atoms with E-state index in [9.17, 15) is 41.1 Å². The van der Waals surface area contributed by atoms with E-state index < -0.39 is 82.7 Å². The molecule has 51 heavy (non-hydrogen) atoms. The van der Waals surface area contributed by atoms with Gasteiger partial charge in [0.2, 0.25) is 52.6 Å². The Kier molecular flexibility index (Phi) is 12.4. The molecule has 0 aliphatic carbocycles. The average molecular weight is 717 g/mol. The number of aryl methyl sites for hydroxylation is 1. The Morgan fingerprint density at radius 2 is 1.43 bits per heavy atom. The zero-order valence-corrected chi connectivity index (χ0v) is 27.7. The van der Waals surface area contributed by atoms with Gasteiger partial charge in [-0.15, -0.1) is 0 Å². The molecule has 10 nitrogen and oxygen atoms in total. The Hall–Kier alpha value is -4.89. The van der Waals surface area contributed by atoms with Gasteiger partial charge >= 0.3 is 5.97 Å². The highest BCUT2D eigenvalue weighted by Crippen LogP contribution is 2.31. The SMILES string of the molecule is CC1C[C@H](NC(=O)[C@H](CCc2ccccc2)NC(=O)CN2CCOCC2)C(=O)N1[C@@H](Cc1ccccc1)C(=O)Oc1c(F)c(F)c(F)c(F)c1F. The number of rotatable bonds is 13. The molecule has 3 aromatic carbocycles. The van der Waals surface area contributed by atoms with Crippen LogP contribution in [0.15, 0.2) is 60.7 Å². The molecule has 0 radical (unpaired) electrons. The third kappa shape index (κ3) is 9.08. The van der Waals surface area contributed by atoms with Crippen molar-refractivity contribution in [1.82, 2.24) is 20.4 Å². The first-order chi connectivity index (χ1) is 24.4. The van der Waals surface area contributed by atoms with Gasteiger partial charge in [0.15, 0.2) is 0 Å². The topological polar surface area (TPSA) is 117 Å². The quantitative estimate of drug-likeness (QED) is 0.0916. The number of hydrogen-bond acceptors (Lipinski definition) is 7. The van der Waals surface area contributed by atoms with Gasteiger partial charge in [-0.2, -0.15) is 8.78 Å². The number of ether oxygens (including phenoxy) is 2. The van der Waals surface area contributed by atoms with E-state index in [1.54, 1.807) is 37.3 Å². The van der Waals surface area contributed by atoms with E-state index in [0.717, 1.165) is 10.5 Å². The van der Waals surface area contributed by atoms with E-state index in [-0.39, 0.29) is 25.8 Å². The van der Waals surface area contributed by atoms with Crippen LogP contribution in [0.4, 0.5) is 22.0 Å². The summed E-state index contributed by atoms with van der Waals surface area (Å²) in [5.41, 5.74) is 1.42. The van der Waals surface area contributed by atoms with Crippen molar-refractivity contribution < 1.29 is 50.6 Å². The maximum Gasteiger partial charge on any atom is 0.334 e. The van der Waals surface area contributed by atoms with E-state index in [1.165, 1.54) is 0 Å². The van der Waals surface area contributed by atoms with Crippen LogP contribution >= 0.6 is 0 Å². The number of esters is 1. The molecular weight excluding hydrogens is 679 g/mol. The number of carbonyl (C=O) groups excluding carboxylic acids is 4. The lowest BCUT2D eigenvalue weighted by Gasteiger charge is -2.30. The van der Waals surface area contributed by atoms with Gasteiger partial charge in [0, 0.05) is 25.6 Å². The van der Waals surface area contributed by atoms with Gasteiger partial charge in [-0.1, -0.05) is 60.7 Å². The smallest absolute Gasteiger partial charge is 0.334 e. The van der Waals surface area contributed by atoms with Crippen molar-refractivity contribution in [3.05, 3.63) is 101 Å². The standard InChI is InChI=1S/C36H37F5N4O6/c1-21-18-25(43-34(47)24(13-12-22-8-4-2-5-9-22)42-27(46)20-44-14-16-50-17-15-44)35(48)45(21)26(19-23-10-6-3-7-11-23)36(49)51-33-31(40)29(38)28(37)30(39)32(33)41/h2-11,21,24-26H,12-20H2,1H3,(H,42,46)(H,43,47)/t21?,24-,25-,26-/m0/s1. The maximum absolute atomic E-state index is 14.5. The molecule has 0 saturated carbocycles. The van der Waals surface area contributed by atoms with E-state index in [2.05, 4.69) is 10.6 Å². The molecule has 2 aliphatic heterocycles. The van der Waals surface area contributed by atoms with Gasteiger partial charge < -0.3 is 25.0 Å². The summed E-state index contributed by atoms with van der Waals surface area (Å²) in [6.45, 7) is 3.67. The summed E-state index contributed by atoms with van der Waals surface area (Å²) in [5, 5.41) is 5.47. The van der Waals surface area contributed by atoms with E-state index >= 15 is 0 Å². The largest absolute Gasteiger partial charge is 0.418 e. The molecular formula is C36H37F5N4O6. The minimum atomic E-state index is -2.42. The fraction of sp³-hybridized carbons (Fsp3) is 0.389. The number of halogens is 5. The molecule has 272 valence electrons. The Morgan fingerprint density at radius 3 is 2.04 bits per heavy atom. The second-order valence-electron chi connectivity index (χ2n) is 12.4. The van der Waals surface area contributed by atoms with Crippen LogP contribution in [0.3, 0.4) is 0 Å². The molecule has 2 N–H and O–H groups in total. The van der Waals surface area contributed by atoms with Gasteiger partial charge in [0.1, 0.15) is 18.1 Å². The predicted molar refractivity (Wildman–Crippen MR) is 173 cm³/mol. The second kappa shape index (κ2) is 16.9. The highest BCUT2D eigenvalue weighted by Gasteiger charge is 2.46. The predicted octanol–water partition coefficient (Wildman–Crippen LogP) is 3.45. The van der Waals surface area contributed by atoms with Gasteiger partial charge in [0.05, 0.1) is 19.8 Å². The number of morpholine rings is 1. The number of nitrogens with one attached hydrogen (secondary N) is 2. The molecule has 3 aromatic rings. The maximum atomic E-state index is 14.5. The van der Waals surface area contributed by atoms with E-state index in [0.29, 0.717) is 38.3 Å². The molecule has 3 amide bonds. The molecule has 0 bridgehead atoms. The summed E-state index contributed by atoms with van der Waals surface area (Å²) < 4.78 is 80.6. The van der Waals surface area contributed by atoms with Crippen LogP contribution in [0.5, 0.6) is 5.75 Å². The Bertz CT molecular complexity index is 1700. The molecule has 2 heterocycles. The van der Waals surface area contributed by atoms with Crippen LogP contribution in [0, 0.1) is 29.1 Å². The molecule has 2 fully saturated rings.